The number of hydrogen-bond donors (Lipinski definition) is 3. The summed E-state index contributed by atoms with van der Waals surface area (Å²) in [5, 5.41) is 7.15. The molecule has 3 heterocycles. The molecule has 1 aromatic heterocycles. The Bertz CT molecular complexity index is 1010. The van der Waals surface area contributed by atoms with Gasteiger partial charge in [0.15, 0.2) is 0 Å². The van der Waals surface area contributed by atoms with Crippen molar-refractivity contribution in [1.29, 1.82) is 0 Å². The van der Waals surface area contributed by atoms with E-state index < -0.39 is 0 Å². The molecule has 0 spiro atoms. The minimum Gasteiger partial charge on any atom is -0.492 e. The maximum Gasteiger partial charge on any atom is 0.318 e. The number of ether oxygens (including phenoxy) is 1. The van der Waals surface area contributed by atoms with Gasteiger partial charge in [0.25, 0.3) is 0 Å². The third kappa shape index (κ3) is 3.87. The summed E-state index contributed by atoms with van der Waals surface area (Å²) in [6, 6.07) is 3.58. The van der Waals surface area contributed by atoms with Crippen molar-refractivity contribution in [3.8, 4) is 17.0 Å². The molecule has 2 amide bonds. The summed E-state index contributed by atoms with van der Waals surface area (Å²) >= 11 is 12.8. The zero-order chi connectivity index (χ0) is 20.8. The summed E-state index contributed by atoms with van der Waals surface area (Å²) in [7, 11) is 0. The van der Waals surface area contributed by atoms with E-state index in [1.165, 1.54) is 0 Å². The molecule has 0 bridgehead atoms. The molecule has 1 saturated carbocycles. The highest BCUT2D eigenvalue weighted by atomic mass is 35.5. The van der Waals surface area contributed by atoms with Gasteiger partial charge >= 0.3 is 6.03 Å². The predicted octanol–water partition coefficient (Wildman–Crippen LogP) is 2.82. The summed E-state index contributed by atoms with van der Waals surface area (Å²) in [5.74, 6) is 1.13. The number of aromatic nitrogens is 2. The molecule has 158 valence electrons. The number of nitrogen functional groups attached to an aromatic ring is 1. The SMILES string of the molecule is Nc1nc2c(c(-c3c(Cl)cc(Cl)cc3OCC3CNC3)n1)CN(C(=O)NC1CC1)C2. The number of benzene rings is 1. The summed E-state index contributed by atoms with van der Waals surface area (Å²) in [6.07, 6.45) is 2.06. The first-order valence-electron chi connectivity index (χ1n) is 10.0. The van der Waals surface area contributed by atoms with Crippen molar-refractivity contribution in [3.05, 3.63) is 33.4 Å². The van der Waals surface area contributed by atoms with Crippen LogP contribution in [0.4, 0.5) is 10.7 Å². The average molecular weight is 449 g/mol. The molecule has 2 fully saturated rings. The Labute approximate surface area is 184 Å². The predicted molar refractivity (Wildman–Crippen MR) is 115 cm³/mol. The second-order valence-electron chi connectivity index (χ2n) is 8.03. The molecule has 30 heavy (non-hydrogen) atoms. The highest BCUT2D eigenvalue weighted by Gasteiger charge is 2.33. The van der Waals surface area contributed by atoms with Gasteiger partial charge in [-0.3, -0.25) is 0 Å². The van der Waals surface area contributed by atoms with Crippen LogP contribution in [0.1, 0.15) is 24.1 Å². The van der Waals surface area contributed by atoms with E-state index in [0.29, 0.717) is 52.7 Å². The lowest BCUT2D eigenvalue weighted by Crippen LogP contribution is -2.45. The van der Waals surface area contributed by atoms with E-state index in [9.17, 15) is 4.79 Å². The summed E-state index contributed by atoms with van der Waals surface area (Å²) in [5.41, 5.74) is 8.77. The highest BCUT2D eigenvalue weighted by Crippen LogP contribution is 2.42. The number of nitrogens with zero attached hydrogens (tertiary/aromatic N) is 3. The number of rotatable bonds is 5. The molecule has 2 aliphatic heterocycles. The monoisotopic (exact) mass is 448 g/mol. The van der Waals surface area contributed by atoms with Crippen LogP contribution in [-0.4, -0.2) is 46.6 Å². The van der Waals surface area contributed by atoms with Crippen molar-refractivity contribution in [2.45, 2.75) is 32.0 Å². The number of nitrogens with two attached hydrogens (primary N) is 1. The molecular formula is C20H22Cl2N6O2. The minimum absolute atomic E-state index is 0.101. The van der Waals surface area contributed by atoms with Crippen LogP contribution in [0, 0.1) is 5.92 Å². The van der Waals surface area contributed by atoms with Crippen LogP contribution in [0.2, 0.25) is 10.0 Å². The minimum atomic E-state index is -0.101. The van der Waals surface area contributed by atoms with E-state index >= 15 is 0 Å². The van der Waals surface area contributed by atoms with Crippen molar-refractivity contribution in [1.82, 2.24) is 25.5 Å². The Hall–Kier alpha value is -2.29. The molecule has 1 aromatic carbocycles. The Balaban J connectivity index is 1.49. The van der Waals surface area contributed by atoms with Gasteiger partial charge in [-0.2, -0.15) is 0 Å². The van der Waals surface area contributed by atoms with E-state index in [4.69, 9.17) is 33.7 Å². The number of amides is 2. The third-order valence-corrected chi connectivity index (χ3v) is 6.10. The second-order valence-corrected chi connectivity index (χ2v) is 8.88. The number of hydrogen-bond acceptors (Lipinski definition) is 6. The lowest BCUT2D eigenvalue weighted by molar-refractivity contribution is 0.197. The topological polar surface area (TPSA) is 105 Å². The molecule has 5 rings (SSSR count). The number of carbonyl (C=O) groups is 1. The third-order valence-electron chi connectivity index (χ3n) is 5.59. The Kier molecular flexibility index (Phi) is 5.08. The van der Waals surface area contributed by atoms with Gasteiger partial charge in [0, 0.05) is 35.6 Å². The van der Waals surface area contributed by atoms with Gasteiger partial charge in [0.2, 0.25) is 5.95 Å². The van der Waals surface area contributed by atoms with Crippen LogP contribution < -0.4 is 21.1 Å². The summed E-state index contributed by atoms with van der Waals surface area (Å²) < 4.78 is 6.09. The number of halogens is 2. The Morgan fingerprint density at radius 1 is 1.27 bits per heavy atom. The first kappa shape index (κ1) is 19.7. The standard InChI is InChI=1S/C20H22Cl2N6O2/c21-11-3-14(22)17(16(4-11)30-9-10-5-24-6-10)18-13-7-28(20(29)25-12-1-2-12)8-15(13)26-19(23)27-18/h3-4,10,12,24H,1-2,5-9H2,(H,25,29)(H2,23,26,27). The van der Waals surface area contributed by atoms with Crippen LogP contribution in [0.5, 0.6) is 5.75 Å². The zero-order valence-electron chi connectivity index (χ0n) is 16.3. The lowest BCUT2D eigenvalue weighted by atomic mass is 10.0. The molecule has 10 heteroatoms. The smallest absolute Gasteiger partial charge is 0.318 e. The van der Waals surface area contributed by atoms with Gasteiger partial charge in [-0.05, 0) is 25.0 Å². The van der Waals surface area contributed by atoms with Crippen molar-refractivity contribution < 1.29 is 9.53 Å². The first-order chi connectivity index (χ1) is 14.5. The van der Waals surface area contributed by atoms with Crippen molar-refractivity contribution in [2.75, 3.05) is 25.4 Å². The fourth-order valence-electron chi connectivity index (χ4n) is 3.69. The molecule has 1 aliphatic carbocycles. The largest absolute Gasteiger partial charge is 0.492 e. The summed E-state index contributed by atoms with van der Waals surface area (Å²) in [4.78, 5) is 23.1. The van der Waals surface area contributed by atoms with Gasteiger partial charge in [0.05, 0.1) is 41.7 Å². The zero-order valence-corrected chi connectivity index (χ0v) is 17.8. The van der Waals surface area contributed by atoms with Crippen molar-refractivity contribution in [3.63, 3.8) is 0 Å². The van der Waals surface area contributed by atoms with Crippen molar-refractivity contribution >= 4 is 35.2 Å². The molecule has 8 nitrogen and oxygen atoms in total. The molecule has 1 saturated heterocycles. The van der Waals surface area contributed by atoms with E-state index in [1.54, 1.807) is 17.0 Å². The fourth-order valence-corrected chi connectivity index (χ4v) is 4.25. The fraction of sp³-hybridized carbons (Fsp3) is 0.450. The van der Waals surface area contributed by atoms with Gasteiger partial charge in [-0.1, -0.05) is 23.2 Å². The van der Waals surface area contributed by atoms with Crippen LogP contribution in [0.15, 0.2) is 12.1 Å². The van der Waals surface area contributed by atoms with E-state index in [1.807, 2.05) is 0 Å². The van der Waals surface area contributed by atoms with E-state index in [-0.39, 0.29) is 18.0 Å². The van der Waals surface area contributed by atoms with Gasteiger partial charge in [-0.25, -0.2) is 14.8 Å². The quantitative estimate of drug-likeness (QED) is 0.649. The summed E-state index contributed by atoms with van der Waals surface area (Å²) in [6.45, 7) is 3.15. The Morgan fingerprint density at radius 2 is 2.07 bits per heavy atom. The lowest BCUT2D eigenvalue weighted by Gasteiger charge is -2.27. The number of nitrogens with one attached hydrogen (secondary N) is 2. The molecular weight excluding hydrogens is 427 g/mol. The van der Waals surface area contributed by atoms with Gasteiger partial charge in [0.1, 0.15) is 5.75 Å². The van der Waals surface area contributed by atoms with Crippen LogP contribution in [0.3, 0.4) is 0 Å². The first-order valence-corrected chi connectivity index (χ1v) is 10.8. The normalized spacial score (nSPS) is 18.1. The highest BCUT2D eigenvalue weighted by molar-refractivity contribution is 6.37. The molecule has 3 aliphatic rings. The molecule has 2 aromatic rings. The van der Waals surface area contributed by atoms with Crippen LogP contribution in [-0.2, 0) is 13.1 Å². The molecule has 0 atom stereocenters. The maximum absolute atomic E-state index is 12.6. The molecule has 0 radical (unpaired) electrons. The van der Waals surface area contributed by atoms with Gasteiger partial charge in [-0.15, -0.1) is 0 Å². The van der Waals surface area contributed by atoms with Crippen LogP contribution >= 0.6 is 23.2 Å². The van der Waals surface area contributed by atoms with Gasteiger partial charge < -0.3 is 26.0 Å². The van der Waals surface area contributed by atoms with Crippen LogP contribution in [0.25, 0.3) is 11.3 Å². The molecule has 4 N–H and O–H groups in total. The average Bonchev–Trinajstić information content (AvgIpc) is 3.35. The number of urea groups is 1. The van der Waals surface area contributed by atoms with E-state index in [0.717, 1.165) is 37.2 Å². The van der Waals surface area contributed by atoms with E-state index in [2.05, 4.69) is 20.6 Å². The maximum atomic E-state index is 12.6. The number of carbonyl (C=O) groups excluding carboxylic acids is 1. The second kappa shape index (κ2) is 7.76. The number of anilines is 1. The van der Waals surface area contributed by atoms with Crippen molar-refractivity contribution in [2.24, 2.45) is 5.92 Å². The molecule has 0 unspecified atom stereocenters. The number of fused-ring (bicyclic) bond motifs is 1. The Morgan fingerprint density at radius 3 is 2.77 bits per heavy atom.